The molecule has 1 fully saturated rings. The van der Waals surface area contributed by atoms with E-state index in [-0.39, 0.29) is 41.0 Å². The zero-order chi connectivity index (χ0) is 25.3. The topological polar surface area (TPSA) is 9.23 Å². The normalized spacial score (nSPS) is 20.4. The summed E-state index contributed by atoms with van der Waals surface area (Å²) in [5.41, 5.74) is 0.286. The summed E-state index contributed by atoms with van der Waals surface area (Å²) >= 11 is 0. The Bertz CT molecular complexity index is 1090. The van der Waals surface area contributed by atoms with Crippen molar-refractivity contribution in [2.24, 2.45) is 5.92 Å². The number of unbranched alkanes of at least 4 members (excludes halogenated alkanes) is 1. The molecular weight excluding hydrogens is 473 g/mol. The molecule has 0 spiro atoms. The number of hydrogen-bond acceptors (Lipinski definition) is 1. The molecule has 1 saturated carbocycles. The van der Waals surface area contributed by atoms with Gasteiger partial charge in [-0.1, -0.05) is 32.3 Å². The van der Waals surface area contributed by atoms with E-state index in [1.165, 1.54) is 31.1 Å². The zero-order valence-electron chi connectivity index (χ0n) is 19.4. The van der Waals surface area contributed by atoms with Gasteiger partial charge in [-0.2, -0.15) is 0 Å². The van der Waals surface area contributed by atoms with Crippen LogP contribution in [0.3, 0.4) is 0 Å². The first kappa shape index (κ1) is 25.6. The SMILES string of the molecule is CCCCC1CCC(c2cc(F)c(C3=Cc4cc(F)c(OC(F)(F)F)c(F)c4CC3)c(F)c2)CC1. The molecular formula is C27H27F7O. The Balaban J connectivity index is 1.58. The highest BCUT2D eigenvalue weighted by Gasteiger charge is 2.36. The summed E-state index contributed by atoms with van der Waals surface area (Å²) in [5.74, 6) is -5.28. The number of alkyl halides is 3. The summed E-state index contributed by atoms with van der Waals surface area (Å²) in [6.45, 7) is 2.16. The first-order valence-electron chi connectivity index (χ1n) is 12.0. The van der Waals surface area contributed by atoms with E-state index in [9.17, 15) is 22.0 Å². The second-order valence-corrected chi connectivity index (χ2v) is 9.51. The maximum absolute atomic E-state index is 15.1. The molecule has 4 rings (SSSR count). The van der Waals surface area contributed by atoms with Crippen molar-refractivity contribution in [3.05, 3.63) is 63.7 Å². The molecule has 35 heavy (non-hydrogen) atoms. The van der Waals surface area contributed by atoms with Crippen LogP contribution in [0.4, 0.5) is 30.7 Å². The minimum Gasteiger partial charge on any atom is -0.399 e. The Morgan fingerprint density at radius 1 is 0.886 bits per heavy atom. The number of halogens is 7. The van der Waals surface area contributed by atoms with E-state index in [0.717, 1.165) is 32.1 Å². The summed E-state index contributed by atoms with van der Waals surface area (Å²) in [6, 6.07) is 3.38. The summed E-state index contributed by atoms with van der Waals surface area (Å²) in [7, 11) is 0. The van der Waals surface area contributed by atoms with Crippen LogP contribution in [0.2, 0.25) is 0 Å². The lowest BCUT2D eigenvalue weighted by atomic mass is 9.76. The lowest BCUT2D eigenvalue weighted by Gasteiger charge is -2.29. The van der Waals surface area contributed by atoms with Crippen LogP contribution in [0.5, 0.6) is 5.75 Å². The second-order valence-electron chi connectivity index (χ2n) is 9.51. The van der Waals surface area contributed by atoms with Crippen LogP contribution in [0.15, 0.2) is 18.2 Å². The summed E-state index contributed by atoms with van der Waals surface area (Å²) < 4.78 is 99.9. The molecule has 0 heterocycles. The average Bonchev–Trinajstić information content (AvgIpc) is 2.79. The molecule has 0 amide bonds. The van der Waals surface area contributed by atoms with Crippen molar-refractivity contribution in [1.82, 2.24) is 0 Å². The van der Waals surface area contributed by atoms with Gasteiger partial charge in [0.2, 0.25) is 5.75 Å². The van der Waals surface area contributed by atoms with E-state index in [1.54, 1.807) is 0 Å². The maximum Gasteiger partial charge on any atom is 0.573 e. The molecule has 190 valence electrons. The number of rotatable bonds is 6. The van der Waals surface area contributed by atoms with Gasteiger partial charge in [-0.15, -0.1) is 13.2 Å². The minimum atomic E-state index is -5.26. The van der Waals surface area contributed by atoms with Crippen molar-refractivity contribution in [2.75, 3.05) is 0 Å². The van der Waals surface area contributed by atoms with E-state index < -0.39 is 35.4 Å². The van der Waals surface area contributed by atoms with Gasteiger partial charge in [0.15, 0.2) is 11.6 Å². The molecule has 0 atom stereocenters. The Morgan fingerprint density at radius 3 is 2.14 bits per heavy atom. The molecule has 0 unspecified atom stereocenters. The van der Waals surface area contributed by atoms with Gasteiger partial charge < -0.3 is 4.74 Å². The number of allylic oxidation sites excluding steroid dienone is 1. The van der Waals surface area contributed by atoms with E-state index >= 15 is 8.78 Å². The fourth-order valence-corrected chi connectivity index (χ4v) is 5.38. The van der Waals surface area contributed by atoms with Crippen LogP contribution in [-0.2, 0) is 6.42 Å². The van der Waals surface area contributed by atoms with Crippen LogP contribution >= 0.6 is 0 Å². The number of fused-ring (bicyclic) bond motifs is 1. The predicted molar refractivity (Wildman–Crippen MR) is 120 cm³/mol. The molecule has 0 aromatic heterocycles. The fraction of sp³-hybridized carbons (Fsp3) is 0.481. The lowest BCUT2D eigenvalue weighted by Crippen LogP contribution is -2.20. The first-order chi connectivity index (χ1) is 16.6. The van der Waals surface area contributed by atoms with Crippen LogP contribution in [-0.4, -0.2) is 6.36 Å². The van der Waals surface area contributed by atoms with Gasteiger partial charge in [0.25, 0.3) is 0 Å². The van der Waals surface area contributed by atoms with Gasteiger partial charge in [0, 0.05) is 5.56 Å². The lowest BCUT2D eigenvalue weighted by molar-refractivity contribution is -0.276. The fourth-order valence-electron chi connectivity index (χ4n) is 5.38. The van der Waals surface area contributed by atoms with Gasteiger partial charge in [-0.3, -0.25) is 0 Å². The summed E-state index contributed by atoms with van der Waals surface area (Å²) in [5, 5.41) is 0. The minimum absolute atomic E-state index is 0.0171. The Kier molecular flexibility index (Phi) is 7.48. The highest BCUT2D eigenvalue weighted by Crippen LogP contribution is 2.42. The molecule has 2 aliphatic carbocycles. The molecule has 0 N–H and O–H groups in total. The van der Waals surface area contributed by atoms with E-state index in [2.05, 4.69) is 11.7 Å². The third-order valence-corrected chi connectivity index (χ3v) is 7.17. The van der Waals surface area contributed by atoms with Gasteiger partial charge in [-0.05, 0) is 90.8 Å². The first-order valence-corrected chi connectivity index (χ1v) is 12.0. The molecule has 1 nitrogen and oxygen atoms in total. The Morgan fingerprint density at radius 2 is 1.54 bits per heavy atom. The standard InChI is InChI=1S/C27H27F7O/c1-2-3-4-15-5-7-16(8-6-15)18-12-21(28)24(22(29)13-18)17-9-10-20-19(11-17)14-23(30)26(25(20)31)35-27(32,33)34/h11-16H,2-10H2,1H3. The van der Waals surface area contributed by atoms with Crippen molar-refractivity contribution in [3.63, 3.8) is 0 Å². The van der Waals surface area contributed by atoms with Crippen molar-refractivity contribution in [1.29, 1.82) is 0 Å². The van der Waals surface area contributed by atoms with Crippen molar-refractivity contribution in [3.8, 4) is 5.75 Å². The maximum atomic E-state index is 15.1. The van der Waals surface area contributed by atoms with E-state index in [1.807, 2.05) is 0 Å². The average molecular weight is 500 g/mol. The smallest absolute Gasteiger partial charge is 0.399 e. The zero-order valence-corrected chi connectivity index (χ0v) is 19.4. The molecule has 2 aliphatic rings. The number of benzene rings is 2. The molecule has 2 aromatic carbocycles. The van der Waals surface area contributed by atoms with Gasteiger partial charge in [-0.25, -0.2) is 17.6 Å². The highest BCUT2D eigenvalue weighted by atomic mass is 19.4. The molecule has 0 saturated heterocycles. The van der Waals surface area contributed by atoms with Crippen LogP contribution in [0, 0.1) is 29.2 Å². The molecule has 0 aliphatic heterocycles. The molecule has 2 aromatic rings. The van der Waals surface area contributed by atoms with Gasteiger partial charge in [0.1, 0.15) is 11.6 Å². The molecule has 0 radical (unpaired) electrons. The third kappa shape index (κ3) is 5.67. The van der Waals surface area contributed by atoms with E-state index in [0.29, 0.717) is 17.5 Å². The van der Waals surface area contributed by atoms with Crippen molar-refractivity contribution >= 4 is 11.6 Å². The van der Waals surface area contributed by atoms with Gasteiger partial charge in [0.05, 0.1) is 0 Å². The quantitative estimate of drug-likeness (QED) is 0.360. The van der Waals surface area contributed by atoms with Crippen LogP contribution < -0.4 is 4.74 Å². The molecule has 8 heteroatoms. The van der Waals surface area contributed by atoms with Crippen molar-refractivity contribution in [2.45, 2.75) is 77.0 Å². The van der Waals surface area contributed by atoms with Crippen molar-refractivity contribution < 1.29 is 35.5 Å². The largest absolute Gasteiger partial charge is 0.573 e. The van der Waals surface area contributed by atoms with Crippen LogP contribution in [0.25, 0.3) is 11.6 Å². The number of ether oxygens (including phenoxy) is 1. The number of hydrogen-bond donors (Lipinski definition) is 0. The molecule has 0 bridgehead atoms. The Labute approximate surface area is 200 Å². The van der Waals surface area contributed by atoms with E-state index in [4.69, 9.17) is 0 Å². The highest BCUT2D eigenvalue weighted by molar-refractivity contribution is 5.85. The monoisotopic (exact) mass is 500 g/mol. The van der Waals surface area contributed by atoms with Crippen LogP contribution in [0.1, 0.15) is 86.5 Å². The summed E-state index contributed by atoms with van der Waals surface area (Å²) in [4.78, 5) is 0. The van der Waals surface area contributed by atoms with Gasteiger partial charge >= 0.3 is 6.36 Å². The Hall–Kier alpha value is -2.51. The second kappa shape index (κ2) is 10.2. The summed E-state index contributed by atoms with van der Waals surface area (Å²) in [6.07, 6.45) is 3.16. The third-order valence-electron chi connectivity index (χ3n) is 7.17. The predicted octanol–water partition coefficient (Wildman–Crippen LogP) is 9.09.